The molecule has 33 heavy (non-hydrogen) atoms. The molecule has 0 atom stereocenters. The molecular weight excluding hydrogens is 544 g/mol. The first kappa shape index (κ1) is 28.7. The first-order valence-electron chi connectivity index (χ1n) is 10.4. The lowest BCUT2D eigenvalue weighted by Crippen LogP contribution is -2.44. The second-order valence-electron chi connectivity index (χ2n) is 8.46. The first-order valence-corrected chi connectivity index (χ1v) is 10.4. The molecule has 2 rings (SSSR count). The Balaban J connectivity index is 0.00000544. The van der Waals surface area contributed by atoms with E-state index in [0.29, 0.717) is 36.6 Å². The maximum atomic E-state index is 13.0. The van der Waals surface area contributed by atoms with Crippen LogP contribution in [0.4, 0.5) is 13.2 Å². The van der Waals surface area contributed by atoms with E-state index < -0.39 is 17.2 Å². The average molecular weight is 576 g/mol. The van der Waals surface area contributed by atoms with Crippen LogP contribution in [0.3, 0.4) is 0 Å². The number of aliphatic imine (C=N–C) groups is 1. The highest BCUT2D eigenvalue weighted by atomic mass is 127. The van der Waals surface area contributed by atoms with Crippen LogP contribution in [0.2, 0.25) is 0 Å². The molecule has 9 heteroatoms. The number of guanidine groups is 1. The van der Waals surface area contributed by atoms with E-state index in [9.17, 15) is 18.0 Å². The zero-order chi connectivity index (χ0) is 23.9. The lowest BCUT2D eigenvalue weighted by Gasteiger charge is -2.27. The molecule has 2 aromatic rings. The summed E-state index contributed by atoms with van der Waals surface area (Å²) >= 11 is 0. The smallest absolute Gasteiger partial charge is 0.356 e. The van der Waals surface area contributed by atoms with Crippen LogP contribution in [-0.2, 0) is 18.0 Å². The van der Waals surface area contributed by atoms with Crippen LogP contribution < -0.4 is 10.6 Å². The molecule has 0 spiro atoms. The first-order chi connectivity index (χ1) is 14.9. The molecule has 0 fully saturated rings. The van der Waals surface area contributed by atoms with E-state index in [4.69, 9.17) is 0 Å². The summed E-state index contributed by atoms with van der Waals surface area (Å²) in [5, 5.41) is 6.41. The topological polar surface area (TPSA) is 56.7 Å². The van der Waals surface area contributed by atoms with Crippen molar-refractivity contribution in [1.82, 2.24) is 15.5 Å². The molecule has 1 amide bonds. The fourth-order valence-electron chi connectivity index (χ4n) is 3.19. The van der Waals surface area contributed by atoms with Crippen molar-refractivity contribution in [3.05, 3.63) is 70.8 Å². The van der Waals surface area contributed by atoms with Gasteiger partial charge in [-0.15, -0.1) is 24.0 Å². The monoisotopic (exact) mass is 576 g/mol. The average Bonchev–Trinajstić information content (AvgIpc) is 2.75. The van der Waals surface area contributed by atoms with Gasteiger partial charge in [0.15, 0.2) is 5.96 Å². The van der Waals surface area contributed by atoms with Crippen molar-refractivity contribution in [2.75, 3.05) is 34.2 Å². The van der Waals surface area contributed by atoms with Crippen molar-refractivity contribution in [2.45, 2.75) is 31.9 Å². The number of carbonyl (C=O) groups is 1. The van der Waals surface area contributed by atoms with Crippen molar-refractivity contribution in [2.24, 2.45) is 4.99 Å². The van der Waals surface area contributed by atoms with Gasteiger partial charge in [-0.2, -0.15) is 13.2 Å². The molecule has 0 aliphatic rings. The van der Waals surface area contributed by atoms with Crippen molar-refractivity contribution in [3.8, 4) is 0 Å². The highest BCUT2D eigenvalue weighted by molar-refractivity contribution is 14.0. The van der Waals surface area contributed by atoms with E-state index in [1.165, 1.54) is 17.0 Å². The van der Waals surface area contributed by atoms with Gasteiger partial charge in [0.05, 0.1) is 5.56 Å². The van der Waals surface area contributed by atoms with E-state index in [1.807, 2.05) is 32.0 Å². The minimum absolute atomic E-state index is 0. The van der Waals surface area contributed by atoms with Gasteiger partial charge >= 0.3 is 6.18 Å². The number of nitrogens with zero attached hydrogens (tertiary/aromatic N) is 2. The molecule has 5 nitrogen and oxygen atoms in total. The third kappa shape index (κ3) is 8.53. The van der Waals surface area contributed by atoms with Crippen LogP contribution in [-0.4, -0.2) is 51.0 Å². The largest absolute Gasteiger partial charge is 0.416 e. The number of amides is 1. The third-order valence-electron chi connectivity index (χ3n) is 5.18. The predicted octanol–water partition coefficient (Wildman–Crippen LogP) is 4.71. The van der Waals surface area contributed by atoms with Gasteiger partial charge < -0.3 is 15.5 Å². The van der Waals surface area contributed by atoms with Crippen molar-refractivity contribution in [1.29, 1.82) is 0 Å². The van der Waals surface area contributed by atoms with Crippen LogP contribution in [0, 0.1) is 0 Å². The second-order valence-corrected chi connectivity index (χ2v) is 8.46. The number of nitrogens with one attached hydrogen (secondary N) is 2. The van der Waals surface area contributed by atoms with E-state index in [0.717, 1.165) is 11.6 Å². The lowest BCUT2D eigenvalue weighted by molar-refractivity contribution is -0.137. The van der Waals surface area contributed by atoms with Gasteiger partial charge in [0.2, 0.25) is 0 Å². The summed E-state index contributed by atoms with van der Waals surface area (Å²) in [6, 6.07) is 12.9. The van der Waals surface area contributed by atoms with Crippen LogP contribution in [0.25, 0.3) is 0 Å². The zero-order valence-electron chi connectivity index (χ0n) is 19.6. The normalized spacial score (nSPS) is 12.1. The lowest BCUT2D eigenvalue weighted by atomic mass is 9.84. The standard InChI is InChI=1S/C24H31F3N4O.HI/c1-23(2,19-10-7-11-20(15-19)24(25,26)27)16-30-22(28-3)29-13-12-17-8-6-9-18(14-17)21(32)31(4)5;/h6-11,14-15H,12-13,16H2,1-5H3,(H2,28,29,30);1H. The second kappa shape index (κ2) is 12.2. The zero-order valence-corrected chi connectivity index (χ0v) is 21.9. The Hall–Kier alpha value is -2.30. The highest BCUT2D eigenvalue weighted by Crippen LogP contribution is 2.32. The maximum absolute atomic E-state index is 13.0. The molecule has 0 unspecified atom stereocenters. The number of benzene rings is 2. The molecule has 0 saturated carbocycles. The molecule has 2 aromatic carbocycles. The Labute approximate surface area is 210 Å². The maximum Gasteiger partial charge on any atom is 0.416 e. The van der Waals surface area contributed by atoms with Crippen molar-refractivity contribution < 1.29 is 18.0 Å². The Bertz CT molecular complexity index is 959. The Morgan fingerprint density at radius 1 is 1.00 bits per heavy atom. The Morgan fingerprint density at radius 3 is 2.24 bits per heavy atom. The van der Waals surface area contributed by atoms with E-state index >= 15 is 0 Å². The molecule has 2 N–H and O–H groups in total. The molecule has 0 aromatic heterocycles. The molecule has 0 aliphatic carbocycles. The minimum Gasteiger partial charge on any atom is -0.356 e. The summed E-state index contributed by atoms with van der Waals surface area (Å²) in [5.41, 5.74) is 1.06. The van der Waals surface area contributed by atoms with E-state index in [2.05, 4.69) is 15.6 Å². The number of halogens is 4. The SMILES string of the molecule is CN=C(NCCc1cccc(C(=O)N(C)C)c1)NCC(C)(C)c1cccc(C(F)(F)F)c1.I. The molecular formula is C24H32F3IN4O. The van der Waals surface area contributed by atoms with Crippen LogP contribution in [0.15, 0.2) is 53.5 Å². The summed E-state index contributed by atoms with van der Waals surface area (Å²) < 4.78 is 39.1. The molecule has 182 valence electrons. The summed E-state index contributed by atoms with van der Waals surface area (Å²) in [7, 11) is 5.07. The van der Waals surface area contributed by atoms with Gasteiger partial charge in [-0.05, 0) is 35.7 Å². The van der Waals surface area contributed by atoms with Gasteiger partial charge in [0.25, 0.3) is 5.91 Å². The van der Waals surface area contributed by atoms with Gasteiger partial charge in [0, 0.05) is 45.2 Å². The van der Waals surface area contributed by atoms with Crippen LogP contribution in [0.5, 0.6) is 0 Å². The summed E-state index contributed by atoms with van der Waals surface area (Å²) in [5.74, 6) is 0.514. The molecule has 0 saturated heterocycles. The number of rotatable bonds is 7. The fraction of sp³-hybridized carbons (Fsp3) is 0.417. The summed E-state index contributed by atoms with van der Waals surface area (Å²) in [6.45, 7) is 4.76. The molecule has 0 radical (unpaired) electrons. The summed E-state index contributed by atoms with van der Waals surface area (Å²) in [6.07, 6.45) is -3.68. The Morgan fingerprint density at radius 2 is 1.64 bits per heavy atom. The summed E-state index contributed by atoms with van der Waals surface area (Å²) in [4.78, 5) is 17.8. The van der Waals surface area contributed by atoms with Crippen molar-refractivity contribution >= 4 is 35.8 Å². The van der Waals surface area contributed by atoms with E-state index in [-0.39, 0.29) is 29.9 Å². The Kier molecular flexibility index (Phi) is 10.7. The van der Waals surface area contributed by atoms with Gasteiger partial charge in [-0.3, -0.25) is 9.79 Å². The predicted molar refractivity (Wildman–Crippen MR) is 137 cm³/mol. The highest BCUT2D eigenvalue weighted by Gasteiger charge is 2.32. The third-order valence-corrected chi connectivity index (χ3v) is 5.18. The minimum atomic E-state index is -4.37. The van der Waals surface area contributed by atoms with Gasteiger partial charge in [0.1, 0.15) is 0 Å². The number of hydrogen-bond donors (Lipinski definition) is 2. The fourth-order valence-corrected chi connectivity index (χ4v) is 3.19. The van der Waals surface area contributed by atoms with Gasteiger partial charge in [-0.25, -0.2) is 0 Å². The van der Waals surface area contributed by atoms with Crippen molar-refractivity contribution in [3.63, 3.8) is 0 Å². The molecule has 0 aliphatic heterocycles. The molecule has 0 heterocycles. The van der Waals surface area contributed by atoms with Crippen LogP contribution in [0.1, 0.15) is 40.9 Å². The number of alkyl halides is 3. The number of carbonyl (C=O) groups excluding carboxylic acids is 1. The van der Waals surface area contributed by atoms with E-state index in [1.54, 1.807) is 33.3 Å². The molecule has 0 bridgehead atoms. The van der Waals surface area contributed by atoms with Crippen LogP contribution >= 0.6 is 24.0 Å². The quantitative estimate of drug-likeness (QED) is 0.285. The van der Waals surface area contributed by atoms with Gasteiger partial charge in [-0.1, -0.05) is 44.2 Å². The number of hydrogen-bond acceptors (Lipinski definition) is 2.